The minimum absolute atomic E-state index is 0.0120. The van der Waals surface area contributed by atoms with E-state index in [1.165, 1.54) is 19.1 Å². The molecule has 1 aromatic carbocycles. The molecule has 140 valence electrons. The first kappa shape index (κ1) is 18.6. The number of anilines is 2. The maximum atomic E-state index is 13.3. The molecule has 1 saturated heterocycles. The maximum absolute atomic E-state index is 13.3. The average Bonchev–Trinajstić information content (AvgIpc) is 2.64. The van der Waals surface area contributed by atoms with Crippen LogP contribution in [0.25, 0.3) is 0 Å². The number of hydrogen-bond donors (Lipinski definition) is 1. The standard InChI is InChI=1S/C18H23FN4O2S/c1-3-22-8-10-23(11-9-22)15-4-7-18(20-13-15)21-26(24,25)16-5-6-17(19)14(2)12-16/h4-7,12-13H,3,8-11H2,1-2H3,(H,20,21). The van der Waals surface area contributed by atoms with E-state index in [9.17, 15) is 12.8 Å². The van der Waals surface area contributed by atoms with E-state index >= 15 is 0 Å². The van der Waals surface area contributed by atoms with Crippen molar-refractivity contribution < 1.29 is 12.8 Å². The number of aromatic nitrogens is 1. The van der Waals surface area contributed by atoms with Gasteiger partial charge in [0.05, 0.1) is 16.8 Å². The molecular formula is C18H23FN4O2S. The van der Waals surface area contributed by atoms with Crippen molar-refractivity contribution in [1.82, 2.24) is 9.88 Å². The lowest BCUT2D eigenvalue weighted by atomic mass is 10.2. The number of rotatable bonds is 5. The van der Waals surface area contributed by atoms with Crippen LogP contribution in [0, 0.1) is 12.7 Å². The zero-order chi connectivity index (χ0) is 18.7. The molecule has 0 atom stereocenters. The molecule has 1 aromatic heterocycles. The highest BCUT2D eigenvalue weighted by atomic mass is 32.2. The van der Waals surface area contributed by atoms with Gasteiger partial charge in [0.25, 0.3) is 10.0 Å². The summed E-state index contributed by atoms with van der Waals surface area (Å²) in [5.41, 5.74) is 1.25. The Hall–Kier alpha value is -2.19. The summed E-state index contributed by atoms with van der Waals surface area (Å²) in [5.74, 6) is -0.197. The fraction of sp³-hybridized carbons (Fsp3) is 0.389. The lowest BCUT2D eigenvalue weighted by Crippen LogP contribution is -2.46. The quantitative estimate of drug-likeness (QED) is 0.866. The summed E-state index contributed by atoms with van der Waals surface area (Å²) in [4.78, 5) is 8.86. The van der Waals surface area contributed by atoms with E-state index in [1.807, 2.05) is 6.07 Å². The van der Waals surface area contributed by atoms with E-state index in [0.29, 0.717) is 0 Å². The molecule has 2 aromatic rings. The Kier molecular flexibility index (Phi) is 5.43. The van der Waals surface area contributed by atoms with E-state index in [1.54, 1.807) is 12.3 Å². The van der Waals surface area contributed by atoms with Crippen molar-refractivity contribution in [2.45, 2.75) is 18.7 Å². The fourth-order valence-corrected chi connectivity index (χ4v) is 4.03. The van der Waals surface area contributed by atoms with Gasteiger partial charge in [0, 0.05) is 26.2 Å². The maximum Gasteiger partial charge on any atom is 0.263 e. The van der Waals surface area contributed by atoms with Gasteiger partial charge in [-0.25, -0.2) is 17.8 Å². The largest absolute Gasteiger partial charge is 0.368 e. The molecule has 0 aliphatic carbocycles. The van der Waals surface area contributed by atoms with E-state index < -0.39 is 15.8 Å². The van der Waals surface area contributed by atoms with Crippen molar-refractivity contribution in [3.05, 3.63) is 47.9 Å². The molecule has 0 spiro atoms. The highest BCUT2D eigenvalue weighted by Gasteiger charge is 2.18. The fourth-order valence-electron chi connectivity index (χ4n) is 2.94. The number of benzene rings is 1. The Morgan fingerprint density at radius 1 is 1.15 bits per heavy atom. The number of pyridine rings is 1. The summed E-state index contributed by atoms with van der Waals surface area (Å²) < 4.78 is 40.6. The van der Waals surface area contributed by atoms with E-state index in [4.69, 9.17) is 0 Å². The van der Waals surface area contributed by atoms with Gasteiger partial charge in [-0.05, 0) is 49.4 Å². The van der Waals surface area contributed by atoms with Crippen molar-refractivity contribution in [1.29, 1.82) is 0 Å². The molecule has 0 saturated carbocycles. The van der Waals surface area contributed by atoms with Crippen molar-refractivity contribution in [2.24, 2.45) is 0 Å². The topological polar surface area (TPSA) is 65.5 Å². The van der Waals surface area contributed by atoms with Gasteiger partial charge in [-0.15, -0.1) is 0 Å². The zero-order valence-electron chi connectivity index (χ0n) is 14.9. The van der Waals surface area contributed by atoms with E-state index in [-0.39, 0.29) is 16.3 Å². The highest BCUT2D eigenvalue weighted by Crippen LogP contribution is 2.20. The highest BCUT2D eigenvalue weighted by molar-refractivity contribution is 7.92. The number of hydrogen-bond acceptors (Lipinski definition) is 5. The first-order valence-corrected chi connectivity index (χ1v) is 10.1. The van der Waals surface area contributed by atoms with Crippen molar-refractivity contribution in [2.75, 3.05) is 42.3 Å². The summed E-state index contributed by atoms with van der Waals surface area (Å²) >= 11 is 0. The SMILES string of the molecule is CCN1CCN(c2ccc(NS(=O)(=O)c3ccc(F)c(C)c3)nc2)CC1. The molecular weight excluding hydrogens is 355 g/mol. The summed E-state index contributed by atoms with van der Waals surface area (Å²) in [7, 11) is -3.80. The molecule has 1 fully saturated rings. The van der Waals surface area contributed by atoms with Crippen LogP contribution in [-0.2, 0) is 10.0 Å². The Bertz CT molecular complexity index is 863. The molecule has 1 N–H and O–H groups in total. The summed E-state index contributed by atoms with van der Waals surface area (Å²) in [6, 6.07) is 7.21. The van der Waals surface area contributed by atoms with Gasteiger partial charge in [-0.2, -0.15) is 0 Å². The first-order chi connectivity index (χ1) is 12.4. The number of sulfonamides is 1. The summed E-state index contributed by atoms with van der Waals surface area (Å²) in [5, 5.41) is 0. The second-order valence-electron chi connectivity index (χ2n) is 6.34. The molecule has 0 bridgehead atoms. The molecule has 0 unspecified atom stereocenters. The molecule has 0 radical (unpaired) electrons. The third-order valence-corrected chi connectivity index (χ3v) is 5.96. The Morgan fingerprint density at radius 2 is 1.88 bits per heavy atom. The number of nitrogens with one attached hydrogen (secondary N) is 1. The molecule has 2 heterocycles. The van der Waals surface area contributed by atoms with Crippen LogP contribution in [0.2, 0.25) is 0 Å². The van der Waals surface area contributed by atoms with Crippen LogP contribution in [-0.4, -0.2) is 51.0 Å². The Morgan fingerprint density at radius 3 is 2.46 bits per heavy atom. The predicted molar refractivity (Wildman–Crippen MR) is 101 cm³/mol. The minimum atomic E-state index is -3.80. The lowest BCUT2D eigenvalue weighted by Gasteiger charge is -2.35. The van der Waals surface area contributed by atoms with Crippen LogP contribution >= 0.6 is 0 Å². The van der Waals surface area contributed by atoms with Crippen molar-refractivity contribution in [3.63, 3.8) is 0 Å². The summed E-state index contributed by atoms with van der Waals surface area (Å²) in [6.45, 7) is 8.60. The number of nitrogens with zero attached hydrogens (tertiary/aromatic N) is 3. The van der Waals surface area contributed by atoms with Crippen LogP contribution in [0.1, 0.15) is 12.5 Å². The molecule has 1 aliphatic heterocycles. The minimum Gasteiger partial charge on any atom is -0.368 e. The third-order valence-electron chi connectivity index (χ3n) is 4.61. The van der Waals surface area contributed by atoms with Crippen LogP contribution in [0.5, 0.6) is 0 Å². The van der Waals surface area contributed by atoms with Gasteiger partial charge in [-0.3, -0.25) is 4.72 Å². The summed E-state index contributed by atoms with van der Waals surface area (Å²) in [6.07, 6.45) is 1.68. The molecule has 6 nitrogen and oxygen atoms in total. The van der Waals surface area contributed by atoms with Gasteiger partial charge in [0.1, 0.15) is 11.6 Å². The molecule has 3 rings (SSSR count). The normalized spacial score (nSPS) is 15.9. The molecule has 0 amide bonds. The molecule has 8 heteroatoms. The third kappa shape index (κ3) is 4.13. The van der Waals surface area contributed by atoms with Gasteiger partial charge in [0.2, 0.25) is 0 Å². The van der Waals surface area contributed by atoms with Gasteiger partial charge < -0.3 is 9.80 Å². The second-order valence-corrected chi connectivity index (χ2v) is 8.02. The Labute approximate surface area is 153 Å². The van der Waals surface area contributed by atoms with E-state index in [2.05, 4.69) is 26.4 Å². The monoisotopic (exact) mass is 378 g/mol. The smallest absolute Gasteiger partial charge is 0.263 e. The zero-order valence-corrected chi connectivity index (χ0v) is 15.8. The van der Waals surface area contributed by atoms with Crippen LogP contribution in [0.4, 0.5) is 15.9 Å². The second kappa shape index (κ2) is 7.59. The first-order valence-electron chi connectivity index (χ1n) is 8.61. The van der Waals surface area contributed by atoms with Crippen molar-refractivity contribution in [3.8, 4) is 0 Å². The van der Waals surface area contributed by atoms with Crippen LogP contribution < -0.4 is 9.62 Å². The van der Waals surface area contributed by atoms with Gasteiger partial charge in [0.15, 0.2) is 0 Å². The van der Waals surface area contributed by atoms with Gasteiger partial charge >= 0.3 is 0 Å². The number of likely N-dealkylation sites (N-methyl/N-ethyl adjacent to an activating group) is 1. The number of piperazine rings is 1. The molecule has 1 aliphatic rings. The predicted octanol–water partition coefficient (Wildman–Crippen LogP) is 2.47. The van der Waals surface area contributed by atoms with Crippen LogP contribution in [0.3, 0.4) is 0 Å². The van der Waals surface area contributed by atoms with Crippen LogP contribution in [0.15, 0.2) is 41.4 Å². The van der Waals surface area contributed by atoms with E-state index in [0.717, 1.165) is 44.5 Å². The molecule has 26 heavy (non-hydrogen) atoms. The number of aryl methyl sites for hydroxylation is 1. The average molecular weight is 378 g/mol. The lowest BCUT2D eigenvalue weighted by molar-refractivity contribution is 0.271. The number of halogens is 1. The van der Waals surface area contributed by atoms with Gasteiger partial charge in [-0.1, -0.05) is 6.92 Å². The van der Waals surface area contributed by atoms with Crippen molar-refractivity contribution >= 4 is 21.5 Å². The Balaban J connectivity index is 1.70.